The van der Waals surface area contributed by atoms with Crippen molar-refractivity contribution in [2.45, 2.75) is 169 Å². The molecule has 0 aliphatic carbocycles. The van der Waals surface area contributed by atoms with Crippen LogP contribution in [-0.2, 0) is 52.6 Å². The second-order valence-corrected chi connectivity index (χ2v) is 20.6. The Hall–Kier alpha value is -5.53. The number of hydrogen-bond acceptors (Lipinski definition) is 13. The van der Waals surface area contributed by atoms with Gasteiger partial charge >= 0.3 is 5.97 Å². The Bertz CT molecular complexity index is 2050. The average molecular weight is 1020 g/mol. The van der Waals surface area contributed by atoms with Gasteiger partial charge in [-0.15, -0.1) is 0 Å². The Morgan fingerprint density at radius 2 is 1.48 bits per heavy atom. The fourth-order valence-corrected chi connectivity index (χ4v) is 9.97. The molecule has 408 valence electrons. The molecule has 1 aromatic carbocycles. The summed E-state index contributed by atoms with van der Waals surface area (Å²) in [5.41, 5.74) is 3.42. The predicted octanol–water partition coefficient (Wildman–Crippen LogP) is 4.79. The van der Waals surface area contributed by atoms with Crippen molar-refractivity contribution in [3.63, 3.8) is 0 Å². The molecule has 1 fully saturated rings. The van der Waals surface area contributed by atoms with Gasteiger partial charge in [0, 0.05) is 58.6 Å². The predicted molar refractivity (Wildman–Crippen MR) is 278 cm³/mol. The number of carbonyl (C=O) groups excluding carboxylic acids is 8. The van der Waals surface area contributed by atoms with Crippen LogP contribution in [-0.4, -0.2) is 164 Å². The quantitative estimate of drug-likeness (QED) is 0.0311. The molecule has 2 unspecified atom stereocenters. The molecule has 0 radical (unpaired) electrons. The van der Waals surface area contributed by atoms with Gasteiger partial charge in [0.15, 0.2) is 0 Å². The minimum atomic E-state index is -0.892. The Morgan fingerprint density at radius 3 is 2.04 bits per heavy atom. The van der Waals surface area contributed by atoms with Crippen LogP contribution < -0.4 is 16.1 Å². The summed E-state index contributed by atoms with van der Waals surface area (Å²) in [5.74, 6) is -3.71. The highest BCUT2D eigenvalue weighted by Crippen LogP contribution is 2.31. The SMILES string of the molecule is CC[C@H](C)[C@@H](C(CC(=O)N1CCC[C@H]1[C@H](OC)[C@@H](C)C(=O)N[C@H](C)C(OC(=O)C/C(C)=N/NC(=O)CCCCCN1C(=O)C=CC1=O)c1ccccc1)OC)N(C)C(=O)[C@@H](NC(=O)[C@H](C(C)C)N(C)C)C(C)C. The van der Waals surface area contributed by atoms with Gasteiger partial charge in [0.1, 0.15) is 12.1 Å². The van der Waals surface area contributed by atoms with Gasteiger partial charge in [-0.25, -0.2) is 5.43 Å². The molecule has 3 N–H and O–H groups in total. The molecule has 0 spiro atoms. The first-order valence-corrected chi connectivity index (χ1v) is 26.0. The van der Waals surface area contributed by atoms with Crippen molar-refractivity contribution in [1.29, 1.82) is 0 Å². The van der Waals surface area contributed by atoms with Crippen molar-refractivity contribution < 1.29 is 52.6 Å². The summed E-state index contributed by atoms with van der Waals surface area (Å²) in [6.45, 7) is 17.6. The summed E-state index contributed by atoms with van der Waals surface area (Å²) in [5, 5.41) is 10.2. The number of hydrogen-bond donors (Lipinski definition) is 3. The summed E-state index contributed by atoms with van der Waals surface area (Å²) < 4.78 is 18.1. The van der Waals surface area contributed by atoms with E-state index in [9.17, 15) is 38.4 Å². The van der Waals surface area contributed by atoms with E-state index in [-0.39, 0.29) is 84.9 Å². The number of hydrazone groups is 1. The average Bonchev–Trinajstić information content (AvgIpc) is 3.96. The first kappa shape index (κ1) is 61.8. The van der Waals surface area contributed by atoms with E-state index < -0.39 is 60.4 Å². The summed E-state index contributed by atoms with van der Waals surface area (Å²) in [4.78, 5) is 112. The van der Waals surface area contributed by atoms with E-state index >= 15 is 0 Å². The number of amides is 7. The maximum Gasteiger partial charge on any atom is 0.312 e. The fraction of sp³-hybridized carbons (Fsp3) is 0.685. The molecule has 19 nitrogen and oxygen atoms in total. The van der Waals surface area contributed by atoms with E-state index in [1.54, 1.807) is 61.9 Å². The van der Waals surface area contributed by atoms with E-state index in [1.807, 2.05) is 66.6 Å². The normalized spacial score (nSPS) is 18.8. The molecular weight excluding hydrogens is 937 g/mol. The Labute approximate surface area is 433 Å². The van der Waals surface area contributed by atoms with Crippen LogP contribution in [0.2, 0.25) is 0 Å². The van der Waals surface area contributed by atoms with E-state index in [4.69, 9.17) is 14.2 Å². The highest BCUT2D eigenvalue weighted by molar-refractivity contribution is 6.12. The van der Waals surface area contributed by atoms with Gasteiger partial charge in [-0.3, -0.25) is 48.2 Å². The largest absolute Gasteiger partial charge is 0.455 e. The highest BCUT2D eigenvalue weighted by Gasteiger charge is 2.43. The first-order valence-electron chi connectivity index (χ1n) is 26.0. The van der Waals surface area contributed by atoms with Crippen molar-refractivity contribution in [1.82, 2.24) is 35.7 Å². The lowest BCUT2D eigenvalue weighted by atomic mass is 9.89. The number of nitrogens with zero attached hydrogens (tertiary/aromatic N) is 5. The topological polar surface area (TPSA) is 226 Å². The number of nitrogens with one attached hydrogen (secondary N) is 3. The second kappa shape index (κ2) is 30.0. The molecule has 0 bridgehead atoms. The number of methoxy groups -OCH3 is 2. The number of benzene rings is 1. The molecule has 7 amide bonds. The molecule has 10 atom stereocenters. The molecule has 2 heterocycles. The zero-order valence-corrected chi connectivity index (χ0v) is 46.0. The third-order valence-corrected chi connectivity index (χ3v) is 14.1. The van der Waals surface area contributed by atoms with Crippen LogP contribution in [0.15, 0.2) is 47.6 Å². The standard InChI is InChI=1S/C54H86N8O11/c1-15-35(6)49(60(12)54(70)47(33(2)3)56-53(69)48(34(4)5)59(10)11)41(71-13)32-45(66)61-30-22-25-40(61)50(72-14)37(8)52(68)55-38(9)51(39-23-18-16-19-24-39)73-46(67)31-36(7)57-58-42(63)26-20-17-21-29-62-43(64)27-28-44(62)65/h16,18-19,23-24,27-28,33-35,37-38,40-41,47-51H,15,17,20-22,25-26,29-32H2,1-14H3,(H,55,68)(H,56,69)(H,58,63)/b57-36+/t35-,37+,38+,40-,41?,47-,48-,49-,50+,51?/m0/s1. The molecular formula is C54H86N8O11. The van der Waals surface area contributed by atoms with Crippen molar-refractivity contribution in [2.75, 3.05) is 48.5 Å². The lowest BCUT2D eigenvalue weighted by Gasteiger charge is -2.41. The van der Waals surface area contributed by atoms with Crippen LogP contribution in [0.25, 0.3) is 0 Å². The second-order valence-electron chi connectivity index (χ2n) is 20.6. The Kier molecular flexibility index (Phi) is 25.4. The van der Waals surface area contributed by atoms with Gasteiger partial charge in [0.2, 0.25) is 29.5 Å². The first-order chi connectivity index (χ1) is 34.5. The number of likely N-dealkylation sites (N-methyl/N-ethyl adjacent to an activating group) is 2. The minimum absolute atomic E-state index is 0.0145. The smallest absolute Gasteiger partial charge is 0.312 e. The molecule has 0 aromatic heterocycles. The summed E-state index contributed by atoms with van der Waals surface area (Å²) in [6, 6.07) is 6.14. The molecule has 2 aliphatic rings. The molecule has 0 saturated carbocycles. The zero-order valence-electron chi connectivity index (χ0n) is 46.0. The lowest BCUT2D eigenvalue weighted by Crippen LogP contribution is -2.59. The molecule has 1 aromatic rings. The number of ether oxygens (including phenoxy) is 3. The molecule has 2 aliphatic heterocycles. The van der Waals surface area contributed by atoms with Gasteiger partial charge in [0.25, 0.3) is 11.8 Å². The van der Waals surface area contributed by atoms with E-state index in [0.29, 0.717) is 56.3 Å². The van der Waals surface area contributed by atoms with E-state index in [0.717, 1.165) is 4.90 Å². The molecule has 19 heteroatoms. The zero-order chi connectivity index (χ0) is 54.7. The number of likely N-dealkylation sites (tertiary alicyclic amines) is 1. The van der Waals surface area contributed by atoms with Crippen molar-refractivity contribution >= 4 is 53.0 Å². The highest BCUT2D eigenvalue weighted by atomic mass is 16.5. The van der Waals surface area contributed by atoms with Crippen LogP contribution >= 0.6 is 0 Å². The van der Waals surface area contributed by atoms with Crippen LogP contribution in [0.5, 0.6) is 0 Å². The van der Waals surface area contributed by atoms with Gasteiger partial charge in [-0.2, -0.15) is 5.10 Å². The third-order valence-electron chi connectivity index (χ3n) is 14.1. The van der Waals surface area contributed by atoms with Crippen LogP contribution in [0.1, 0.15) is 132 Å². The van der Waals surface area contributed by atoms with Crippen molar-refractivity contribution in [2.24, 2.45) is 28.8 Å². The number of imide groups is 1. The molecule has 1 saturated heterocycles. The third kappa shape index (κ3) is 17.8. The summed E-state index contributed by atoms with van der Waals surface area (Å²) >= 11 is 0. The van der Waals surface area contributed by atoms with Crippen LogP contribution in [0, 0.1) is 23.7 Å². The monoisotopic (exact) mass is 1020 g/mol. The number of rotatable bonds is 30. The maximum atomic E-state index is 14.5. The minimum Gasteiger partial charge on any atom is -0.455 e. The number of unbranched alkanes of at least 4 members (excludes halogenated alkanes) is 2. The maximum absolute atomic E-state index is 14.5. The van der Waals surface area contributed by atoms with Crippen LogP contribution in [0.4, 0.5) is 0 Å². The Balaban J connectivity index is 1.68. The fourth-order valence-electron chi connectivity index (χ4n) is 9.97. The lowest BCUT2D eigenvalue weighted by molar-refractivity contribution is -0.151. The van der Waals surface area contributed by atoms with Crippen molar-refractivity contribution in [3.8, 4) is 0 Å². The van der Waals surface area contributed by atoms with E-state index in [2.05, 4.69) is 21.2 Å². The van der Waals surface area contributed by atoms with Gasteiger partial charge < -0.3 is 34.6 Å². The van der Waals surface area contributed by atoms with Gasteiger partial charge in [-0.05, 0) is 76.9 Å². The molecule has 73 heavy (non-hydrogen) atoms. The Morgan fingerprint density at radius 1 is 0.836 bits per heavy atom. The number of carbonyl (C=O) groups is 8. The van der Waals surface area contributed by atoms with Crippen molar-refractivity contribution in [3.05, 3.63) is 48.0 Å². The summed E-state index contributed by atoms with van der Waals surface area (Å²) in [7, 11) is 8.46. The van der Waals surface area contributed by atoms with Gasteiger partial charge in [0.05, 0.1) is 55.1 Å². The number of esters is 1. The van der Waals surface area contributed by atoms with Crippen LogP contribution in [0.3, 0.4) is 0 Å². The summed E-state index contributed by atoms with van der Waals surface area (Å²) in [6.07, 6.45) is 3.80. The van der Waals surface area contributed by atoms with Gasteiger partial charge in [-0.1, -0.05) is 91.6 Å². The molecule has 3 rings (SSSR count). The van der Waals surface area contributed by atoms with E-state index in [1.165, 1.54) is 26.4 Å².